The van der Waals surface area contributed by atoms with Crippen LogP contribution in [0.4, 0.5) is 0 Å². The number of aromatic nitrogens is 3. The number of hydrogen-bond donors (Lipinski definition) is 0. The summed E-state index contributed by atoms with van der Waals surface area (Å²) < 4.78 is 24.6. The zero-order chi connectivity index (χ0) is 13.9. The lowest BCUT2D eigenvalue weighted by Gasteiger charge is -2.21. The van der Waals surface area contributed by atoms with Gasteiger partial charge in [0.05, 0.1) is 0 Å². The fourth-order valence-electron chi connectivity index (χ4n) is 2.75. The normalized spacial score (nSPS) is 17.8. The van der Waals surface area contributed by atoms with Crippen molar-refractivity contribution in [3.8, 4) is 0 Å². The summed E-state index contributed by atoms with van der Waals surface area (Å²) in [5.74, 6) is 1.35. The molecule has 0 N–H and O–H groups in total. The van der Waals surface area contributed by atoms with Crippen molar-refractivity contribution in [1.82, 2.24) is 14.8 Å². The smallest absolute Gasteiger partial charge is 0.296 e. The molecular weight excluding hydrogens is 286 g/mol. The first kappa shape index (κ1) is 14.8. The first-order valence-corrected chi connectivity index (χ1v) is 9.20. The minimum atomic E-state index is -3.81. The Labute approximate surface area is 118 Å². The molecule has 1 saturated carbocycles. The maximum absolute atomic E-state index is 11.5. The quantitative estimate of drug-likeness (QED) is 0.785. The summed E-state index contributed by atoms with van der Waals surface area (Å²) in [6, 6.07) is 0. The largest absolute Gasteiger partial charge is 0.301 e. The van der Waals surface area contributed by atoms with E-state index < -0.39 is 9.05 Å². The Morgan fingerprint density at radius 2 is 1.95 bits per heavy atom. The van der Waals surface area contributed by atoms with Gasteiger partial charge in [-0.25, -0.2) is 8.42 Å². The van der Waals surface area contributed by atoms with Crippen molar-refractivity contribution >= 4 is 19.7 Å². The number of nitrogens with zero attached hydrogens (tertiary/aromatic N) is 3. The molecule has 0 atom stereocenters. The van der Waals surface area contributed by atoms with E-state index >= 15 is 0 Å². The molecule has 2 rings (SSSR count). The topological polar surface area (TPSA) is 64.8 Å². The van der Waals surface area contributed by atoms with Gasteiger partial charge in [0, 0.05) is 23.6 Å². The van der Waals surface area contributed by atoms with Crippen molar-refractivity contribution in [1.29, 1.82) is 0 Å². The van der Waals surface area contributed by atoms with Crippen LogP contribution in [0.15, 0.2) is 5.16 Å². The number of rotatable bonds is 5. The highest BCUT2D eigenvalue weighted by Gasteiger charge is 2.24. The van der Waals surface area contributed by atoms with Gasteiger partial charge in [-0.15, -0.1) is 10.2 Å². The van der Waals surface area contributed by atoms with Crippen LogP contribution < -0.4 is 0 Å². The molecule has 1 fully saturated rings. The third-order valence-electron chi connectivity index (χ3n) is 3.65. The Morgan fingerprint density at radius 3 is 2.53 bits per heavy atom. The van der Waals surface area contributed by atoms with Crippen molar-refractivity contribution in [3.05, 3.63) is 5.82 Å². The molecule has 0 unspecified atom stereocenters. The summed E-state index contributed by atoms with van der Waals surface area (Å²) in [6.45, 7) is 2.59. The second-order valence-electron chi connectivity index (χ2n) is 5.20. The molecule has 1 aromatic heterocycles. The predicted octanol–water partition coefficient (Wildman–Crippen LogP) is 2.74. The molecule has 0 bridgehead atoms. The molecule has 0 aliphatic heterocycles. The third-order valence-corrected chi connectivity index (χ3v) is 4.81. The van der Waals surface area contributed by atoms with Crippen LogP contribution >= 0.6 is 10.7 Å². The predicted molar refractivity (Wildman–Crippen MR) is 73.6 cm³/mol. The Kier molecular flexibility index (Phi) is 4.84. The van der Waals surface area contributed by atoms with Gasteiger partial charge in [-0.1, -0.05) is 39.0 Å². The minimum absolute atomic E-state index is 0.109. The Morgan fingerprint density at radius 1 is 1.26 bits per heavy atom. The molecule has 0 radical (unpaired) electrons. The average molecular weight is 306 g/mol. The zero-order valence-electron chi connectivity index (χ0n) is 11.2. The third kappa shape index (κ3) is 3.69. The summed E-state index contributed by atoms with van der Waals surface area (Å²) >= 11 is 0. The number of halogens is 1. The van der Waals surface area contributed by atoms with Crippen LogP contribution in [0.25, 0.3) is 0 Å². The molecule has 0 saturated heterocycles. The molecular formula is C12H20ClN3O2S. The maximum Gasteiger partial charge on any atom is 0.296 e. The molecule has 0 amide bonds. The maximum atomic E-state index is 11.5. The molecule has 0 spiro atoms. The minimum Gasteiger partial charge on any atom is -0.301 e. The summed E-state index contributed by atoms with van der Waals surface area (Å²) in [5, 5.41) is 7.70. The lowest BCUT2D eigenvalue weighted by molar-refractivity contribution is 0.346. The zero-order valence-corrected chi connectivity index (χ0v) is 12.8. The summed E-state index contributed by atoms with van der Waals surface area (Å²) in [7, 11) is 1.59. The molecule has 1 aliphatic carbocycles. The van der Waals surface area contributed by atoms with Gasteiger partial charge >= 0.3 is 0 Å². The van der Waals surface area contributed by atoms with E-state index in [9.17, 15) is 8.42 Å². The lowest BCUT2D eigenvalue weighted by atomic mass is 9.87. The molecule has 7 heteroatoms. The standard InChI is InChI=1S/C12H20ClN3O2S/c1-2-8-16-11(9-10-6-4-3-5-7-10)14-15-12(16)19(13,17)18/h10H,2-9H2,1H3. The van der Waals surface area contributed by atoms with E-state index in [1.807, 2.05) is 6.92 Å². The second kappa shape index (κ2) is 6.22. The summed E-state index contributed by atoms with van der Waals surface area (Å²) in [4.78, 5) is 0. The first-order chi connectivity index (χ1) is 9.02. The fraction of sp³-hybridized carbons (Fsp3) is 0.833. The highest BCUT2D eigenvalue weighted by molar-refractivity contribution is 8.13. The molecule has 0 aromatic carbocycles. The van der Waals surface area contributed by atoms with E-state index in [4.69, 9.17) is 10.7 Å². The highest BCUT2D eigenvalue weighted by atomic mass is 35.7. The van der Waals surface area contributed by atoms with Gasteiger partial charge in [-0.3, -0.25) is 0 Å². The van der Waals surface area contributed by atoms with Gasteiger partial charge in [-0.2, -0.15) is 0 Å². The fourth-order valence-corrected chi connectivity index (χ4v) is 3.69. The van der Waals surface area contributed by atoms with E-state index in [0.29, 0.717) is 12.5 Å². The van der Waals surface area contributed by atoms with E-state index in [0.717, 1.165) is 18.7 Å². The Hall–Kier alpha value is -0.620. The monoisotopic (exact) mass is 305 g/mol. The molecule has 1 heterocycles. The van der Waals surface area contributed by atoms with Crippen LogP contribution in [-0.4, -0.2) is 23.2 Å². The van der Waals surface area contributed by atoms with Crippen LogP contribution in [0.2, 0.25) is 0 Å². The molecule has 1 aromatic rings. The lowest BCUT2D eigenvalue weighted by Crippen LogP contribution is -2.15. The highest BCUT2D eigenvalue weighted by Crippen LogP contribution is 2.27. The van der Waals surface area contributed by atoms with Gasteiger partial charge in [0.15, 0.2) is 0 Å². The van der Waals surface area contributed by atoms with Crippen molar-refractivity contribution in [2.75, 3.05) is 0 Å². The van der Waals surface area contributed by atoms with Crippen molar-refractivity contribution in [2.45, 2.75) is 63.6 Å². The first-order valence-electron chi connectivity index (χ1n) is 6.89. The Bertz CT molecular complexity index is 521. The average Bonchev–Trinajstić information content (AvgIpc) is 2.74. The van der Waals surface area contributed by atoms with Crippen LogP contribution in [0.1, 0.15) is 51.3 Å². The van der Waals surface area contributed by atoms with Gasteiger partial charge in [-0.05, 0) is 12.3 Å². The second-order valence-corrected chi connectivity index (χ2v) is 7.66. The van der Waals surface area contributed by atoms with Crippen LogP contribution in [0.3, 0.4) is 0 Å². The van der Waals surface area contributed by atoms with Crippen molar-refractivity contribution in [3.63, 3.8) is 0 Å². The molecule has 108 valence electrons. The van der Waals surface area contributed by atoms with Crippen molar-refractivity contribution < 1.29 is 8.42 Å². The van der Waals surface area contributed by atoms with Gasteiger partial charge < -0.3 is 4.57 Å². The molecule has 1 aliphatic rings. The van der Waals surface area contributed by atoms with E-state index in [-0.39, 0.29) is 5.16 Å². The van der Waals surface area contributed by atoms with Gasteiger partial charge in [0.25, 0.3) is 14.2 Å². The summed E-state index contributed by atoms with van der Waals surface area (Å²) in [6.07, 6.45) is 7.85. The Balaban J connectivity index is 2.22. The number of hydrogen-bond acceptors (Lipinski definition) is 4. The van der Waals surface area contributed by atoms with Crippen LogP contribution in [0.5, 0.6) is 0 Å². The van der Waals surface area contributed by atoms with Crippen LogP contribution in [0, 0.1) is 5.92 Å². The van der Waals surface area contributed by atoms with Crippen molar-refractivity contribution in [2.24, 2.45) is 5.92 Å². The van der Waals surface area contributed by atoms with Crippen LogP contribution in [-0.2, 0) is 22.0 Å². The SMILES string of the molecule is CCCn1c(CC2CCCCC2)nnc1S(=O)(=O)Cl. The summed E-state index contributed by atoms with van der Waals surface area (Å²) in [5.41, 5.74) is 0. The molecule has 19 heavy (non-hydrogen) atoms. The van der Waals surface area contributed by atoms with E-state index in [1.165, 1.54) is 32.1 Å². The van der Waals surface area contributed by atoms with Gasteiger partial charge in [0.1, 0.15) is 5.82 Å². The van der Waals surface area contributed by atoms with E-state index in [1.54, 1.807) is 4.57 Å². The van der Waals surface area contributed by atoms with Gasteiger partial charge in [0.2, 0.25) is 0 Å². The molecule has 5 nitrogen and oxygen atoms in total. The van der Waals surface area contributed by atoms with E-state index in [2.05, 4.69) is 10.2 Å².